The van der Waals surface area contributed by atoms with Gasteiger partial charge in [-0.05, 0) is 122 Å². The van der Waals surface area contributed by atoms with Crippen molar-refractivity contribution >= 4 is 103 Å². The van der Waals surface area contributed by atoms with Crippen molar-refractivity contribution in [3.05, 3.63) is 108 Å². The summed E-state index contributed by atoms with van der Waals surface area (Å²) < 4.78 is 1.58. The predicted molar refractivity (Wildman–Crippen MR) is 351 cm³/mol. The van der Waals surface area contributed by atoms with E-state index in [2.05, 4.69) is 74.1 Å². The Kier molecular flexibility index (Phi) is 26.4. The molecule has 426 valence electrons. The molecule has 0 aliphatic rings. The van der Waals surface area contributed by atoms with Gasteiger partial charge in [-0.2, -0.15) is 21.0 Å². The summed E-state index contributed by atoms with van der Waals surface area (Å²) in [7, 11) is 0. The van der Waals surface area contributed by atoms with Gasteiger partial charge in [0.05, 0.1) is 9.06 Å². The standard InChI is InChI=1S/C66H78N6O2S7/c1-5-9-13-17-21-25-29-45-35-51(39-57-63(73)71-65(80-57)49(41-67)42-68)75-61(45)55-37-47(31-27-23-19-15-11-7-3)59(78-55)53-33-34-54(77-53)60-48(32-28-24-20-16-12-8-4)38-56(79-60)62-46(30-26-22-18-14-10-6-2)36-52(76-62)40-58-64(74)72-66(81-58)50(43-69)44-70/h33-40H,5-32H2,1-4H3,(H,71,73)(H,72,74)/b57-39-,58-40+. The van der Waals surface area contributed by atoms with E-state index in [1.54, 1.807) is 22.7 Å². The van der Waals surface area contributed by atoms with Gasteiger partial charge in [-0.3, -0.25) is 9.59 Å². The first-order valence-corrected chi connectivity index (χ1v) is 35.5. The van der Waals surface area contributed by atoms with E-state index >= 15 is 0 Å². The van der Waals surface area contributed by atoms with Gasteiger partial charge in [-0.15, -0.1) is 79.4 Å². The van der Waals surface area contributed by atoms with Crippen LogP contribution in [0, 0.1) is 45.3 Å². The highest BCUT2D eigenvalue weighted by Crippen LogP contribution is 2.50. The number of aromatic amines is 2. The molecule has 7 aromatic rings. The van der Waals surface area contributed by atoms with Gasteiger partial charge in [0.1, 0.15) is 33.6 Å². The van der Waals surface area contributed by atoms with Gasteiger partial charge in [-0.25, -0.2) is 0 Å². The molecule has 0 fully saturated rings. The van der Waals surface area contributed by atoms with Crippen molar-refractivity contribution in [2.24, 2.45) is 0 Å². The molecule has 7 aromatic heterocycles. The molecule has 0 aliphatic carbocycles. The van der Waals surface area contributed by atoms with Gasteiger partial charge in [0.25, 0.3) is 11.1 Å². The third-order valence-corrected chi connectivity index (χ3v) is 23.2. The van der Waals surface area contributed by atoms with E-state index in [0.29, 0.717) is 18.4 Å². The summed E-state index contributed by atoms with van der Waals surface area (Å²) in [5.74, 6) is 0. The molecule has 2 N–H and O–H groups in total. The molecule has 15 heteroatoms. The first-order chi connectivity index (χ1) is 39.6. The molecule has 0 aromatic carbocycles. The number of hydrogen-bond acceptors (Lipinski definition) is 13. The van der Waals surface area contributed by atoms with E-state index in [9.17, 15) is 30.6 Å². The van der Waals surface area contributed by atoms with E-state index in [4.69, 9.17) is 0 Å². The zero-order valence-corrected chi connectivity index (χ0v) is 53.6. The van der Waals surface area contributed by atoms with Crippen molar-refractivity contribution in [3.8, 4) is 63.3 Å². The number of rotatable bonds is 34. The van der Waals surface area contributed by atoms with E-state index in [1.165, 1.54) is 212 Å². The molecule has 0 radical (unpaired) electrons. The normalized spacial score (nSPS) is 11.8. The number of H-pyrrole nitrogens is 2. The second-order valence-corrected chi connectivity index (χ2v) is 28.6. The van der Waals surface area contributed by atoms with Crippen LogP contribution in [0.15, 0.2) is 46.0 Å². The highest BCUT2D eigenvalue weighted by molar-refractivity contribution is 7.30. The fraction of sp³-hybridized carbons (Fsp3) is 0.485. The van der Waals surface area contributed by atoms with E-state index < -0.39 is 0 Å². The summed E-state index contributed by atoms with van der Waals surface area (Å²) >= 11 is 11.6. The maximum Gasteiger partial charge on any atom is 0.266 e. The third kappa shape index (κ3) is 18.1. The molecule has 0 amide bonds. The Hall–Kier alpha value is -5.20. The van der Waals surface area contributed by atoms with E-state index in [1.807, 2.05) is 70.4 Å². The molecule has 0 aliphatic heterocycles. The minimum atomic E-state index is -0.284. The highest BCUT2D eigenvalue weighted by Gasteiger charge is 2.22. The number of thiazole rings is 2. The van der Waals surface area contributed by atoms with Crippen LogP contribution in [0.25, 0.3) is 62.3 Å². The fourth-order valence-electron chi connectivity index (χ4n) is 10.3. The lowest BCUT2D eigenvalue weighted by atomic mass is 10.0. The molecule has 0 atom stereocenters. The molecule has 7 heterocycles. The second-order valence-electron chi connectivity index (χ2n) is 21.2. The average Bonchev–Trinajstić information content (AvgIpc) is 4.40. The Balaban J connectivity index is 1.30. The Bertz CT molecular complexity index is 3430. The molecule has 0 saturated carbocycles. The van der Waals surface area contributed by atoms with Crippen LogP contribution >= 0.6 is 79.4 Å². The van der Waals surface area contributed by atoms with Gasteiger partial charge < -0.3 is 9.97 Å². The monoisotopic (exact) mass is 1210 g/mol. The number of hydrogen-bond donors (Lipinski definition) is 2. The quantitative estimate of drug-likeness (QED) is 0.0382. The number of aromatic nitrogens is 2. The number of thiophene rings is 5. The smallest absolute Gasteiger partial charge is 0.266 e. The van der Waals surface area contributed by atoms with Crippen LogP contribution in [0.4, 0.5) is 0 Å². The Morgan fingerprint density at radius 3 is 1.00 bits per heavy atom. The number of aryl methyl sites for hydroxylation is 4. The molecular weight excluding hydrogens is 1130 g/mol. The SMILES string of the molecule is CCCCCCCCc1cc(/C=c2\sc(=C(C#N)C#N)[nH]c2=O)sc1-c1cc(CCCCCCCC)c(-c2ccc(-c3sc(-c4sc(/C=c5/sc(=C(C#N)C#N)[nH]c5=O)cc4CCCCCCCC)cc3CCCCCCCC)s2)s1. The Labute approximate surface area is 507 Å². The van der Waals surface area contributed by atoms with E-state index in [0.717, 1.165) is 61.1 Å². The predicted octanol–water partition coefficient (Wildman–Crippen LogP) is 17.8. The van der Waals surface area contributed by atoms with Crippen molar-refractivity contribution in [3.63, 3.8) is 0 Å². The Morgan fingerprint density at radius 1 is 0.383 bits per heavy atom. The lowest BCUT2D eigenvalue weighted by molar-refractivity contribution is 0.608. The van der Waals surface area contributed by atoms with Gasteiger partial charge in [0.15, 0.2) is 11.1 Å². The van der Waals surface area contributed by atoms with Crippen molar-refractivity contribution in [2.75, 3.05) is 0 Å². The minimum absolute atomic E-state index is 0.0835. The number of unbranched alkanes of at least 4 members (excludes halogenated alkanes) is 20. The van der Waals surface area contributed by atoms with Crippen LogP contribution in [0.2, 0.25) is 0 Å². The highest BCUT2D eigenvalue weighted by atomic mass is 32.1. The number of nitriles is 4. The first kappa shape index (κ1) is 63.4. The van der Waals surface area contributed by atoms with Crippen molar-refractivity contribution in [1.82, 2.24) is 9.97 Å². The maximum absolute atomic E-state index is 13.2. The largest absolute Gasteiger partial charge is 0.311 e. The van der Waals surface area contributed by atoms with Crippen molar-refractivity contribution < 1.29 is 0 Å². The minimum Gasteiger partial charge on any atom is -0.311 e. The molecule has 8 nitrogen and oxygen atoms in total. The molecule has 0 spiro atoms. The molecule has 7 rings (SSSR count). The average molecular weight is 1210 g/mol. The first-order valence-electron chi connectivity index (χ1n) is 29.8. The molecular formula is C66H78N6O2S7. The summed E-state index contributed by atoms with van der Waals surface area (Å²) in [6, 6.07) is 21.9. The lowest BCUT2D eigenvalue weighted by Gasteiger charge is -2.04. The second kappa shape index (κ2) is 33.8. The van der Waals surface area contributed by atoms with Gasteiger partial charge in [0.2, 0.25) is 0 Å². The van der Waals surface area contributed by atoms with Gasteiger partial charge >= 0.3 is 0 Å². The van der Waals surface area contributed by atoms with Gasteiger partial charge in [0, 0.05) is 48.8 Å². The van der Waals surface area contributed by atoms with Crippen molar-refractivity contribution in [1.29, 1.82) is 21.0 Å². The van der Waals surface area contributed by atoms with E-state index in [-0.39, 0.29) is 22.3 Å². The van der Waals surface area contributed by atoms with Crippen LogP contribution in [-0.2, 0) is 25.7 Å². The zero-order chi connectivity index (χ0) is 57.3. The molecule has 0 bridgehead atoms. The summed E-state index contributed by atoms with van der Waals surface area (Å²) in [4.78, 5) is 44.3. The van der Waals surface area contributed by atoms with Crippen LogP contribution in [-0.4, -0.2) is 9.97 Å². The molecule has 81 heavy (non-hydrogen) atoms. The molecule has 0 saturated heterocycles. The number of nitrogens with one attached hydrogen (secondary N) is 2. The third-order valence-electron chi connectivity index (χ3n) is 14.7. The summed E-state index contributed by atoms with van der Waals surface area (Å²) in [6.07, 6.45) is 37.2. The maximum atomic E-state index is 13.2. The van der Waals surface area contributed by atoms with Crippen LogP contribution in [0.5, 0.6) is 0 Å². The van der Waals surface area contributed by atoms with Gasteiger partial charge in [-0.1, -0.05) is 156 Å². The topological polar surface area (TPSA) is 161 Å². The lowest BCUT2D eigenvalue weighted by Crippen LogP contribution is -2.19. The Morgan fingerprint density at radius 2 is 0.679 bits per heavy atom. The summed E-state index contributed by atoms with van der Waals surface area (Å²) in [5, 5.41) is 38.2. The summed E-state index contributed by atoms with van der Waals surface area (Å²) in [5.41, 5.74) is 4.71. The van der Waals surface area contributed by atoms with Crippen LogP contribution < -0.4 is 29.5 Å². The number of nitrogens with zero attached hydrogens (tertiary/aromatic N) is 4. The fourth-order valence-corrected chi connectivity index (χ4v) is 18.5. The summed E-state index contributed by atoms with van der Waals surface area (Å²) in [6.45, 7) is 9.06. The molecule has 0 unspecified atom stereocenters. The van der Waals surface area contributed by atoms with Crippen LogP contribution in [0.3, 0.4) is 0 Å². The van der Waals surface area contributed by atoms with Crippen molar-refractivity contribution in [2.45, 2.75) is 207 Å². The zero-order valence-electron chi connectivity index (χ0n) is 47.9. The van der Waals surface area contributed by atoms with Crippen LogP contribution in [0.1, 0.15) is 214 Å².